The maximum absolute atomic E-state index is 14.0. The molecule has 0 bridgehead atoms. The van der Waals surface area contributed by atoms with Crippen LogP contribution in [0.3, 0.4) is 0 Å². The standard InChI is InChI=1S/C30H42FN7O4/c1-19-28(39)37-25(17-20-7-9-22(10-8-20)27(33)34)29(40)36-14-4-5-21-11-12-23(31)18-26(21)42-16-15-35-24(6-3-13-32)30(41)38(19)2/h7-12,18-19,24-25,35H,3-6,13-17,32H2,1-2H3,(H3,33,34)(H,36,40)(H,37,39). The topological polar surface area (TPSA) is 176 Å². The van der Waals surface area contributed by atoms with Gasteiger partial charge in [-0.1, -0.05) is 30.3 Å². The van der Waals surface area contributed by atoms with Crippen molar-refractivity contribution in [3.63, 3.8) is 0 Å². The van der Waals surface area contributed by atoms with Gasteiger partial charge in [0.2, 0.25) is 17.7 Å². The molecule has 42 heavy (non-hydrogen) atoms. The Morgan fingerprint density at radius 1 is 1.10 bits per heavy atom. The molecule has 1 heterocycles. The van der Waals surface area contributed by atoms with Crippen LogP contribution in [0.15, 0.2) is 42.5 Å². The van der Waals surface area contributed by atoms with E-state index in [9.17, 15) is 18.8 Å². The van der Waals surface area contributed by atoms with Crippen LogP contribution in [0.5, 0.6) is 5.75 Å². The van der Waals surface area contributed by atoms with Crippen molar-refractivity contribution in [2.75, 3.05) is 33.3 Å². The number of carbonyl (C=O) groups excluding carboxylic acids is 3. The number of ether oxygens (including phenoxy) is 1. The molecule has 12 heteroatoms. The second kappa shape index (κ2) is 15.8. The highest BCUT2D eigenvalue weighted by Gasteiger charge is 2.30. The van der Waals surface area contributed by atoms with Crippen LogP contribution in [-0.2, 0) is 27.2 Å². The fourth-order valence-electron chi connectivity index (χ4n) is 4.68. The molecular weight excluding hydrogens is 541 g/mol. The molecule has 0 radical (unpaired) electrons. The zero-order valence-corrected chi connectivity index (χ0v) is 24.3. The Labute approximate surface area is 246 Å². The minimum atomic E-state index is -0.915. The van der Waals surface area contributed by atoms with Gasteiger partial charge in [0.25, 0.3) is 0 Å². The maximum Gasteiger partial charge on any atom is 0.243 e. The predicted octanol–water partition coefficient (Wildman–Crippen LogP) is 0.822. The molecule has 3 atom stereocenters. The van der Waals surface area contributed by atoms with Gasteiger partial charge < -0.3 is 37.1 Å². The van der Waals surface area contributed by atoms with Crippen molar-refractivity contribution in [3.8, 4) is 5.75 Å². The van der Waals surface area contributed by atoms with E-state index in [2.05, 4.69) is 16.0 Å². The van der Waals surface area contributed by atoms with Crippen LogP contribution in [0, 0.1) is 11.2 Å². The first kappa shape index (κ1) is 32.5. The molecule has 0 saturated carbocycles. The molecule has 228 valence electrons. The van der Waals surface area contributed by atoms with Gasteiger partial charge in [-0.05, 0) is 56.3 Å². The average molecular weight is 584 g/mol. The van der Waals surface area contributed by atoms with E-state index >= 15 is 0 Å². The lowest BCUT2D eigenvalue weighted by atomic mass is 10.0. The molecule has 8 N–H and O–H groups in total. The Bertz CT molecular complexity index is 1240. The summed E-state index contributed by atoms with van der Waals surface area (Å²) in [5, 5.41) is 16.5. The highest BCUT2D eigenvalue weighted by molar-refractivity contribution is 5.95. The number of aryl methyl sites for hydroxylation is 1. The smallest absolute Gasteiger partial charge is 0.243 e. The molecule has 0 saturated heterocycles. The zero-order valence-electron chi connectivity index (χ0n) is 24.3. The highest BCUT2D eigenvalue weighted by atomic mass is 19.1. The third-order valence-electron chi connectivity index (χ3n) is 7.34. The number of amides is 3. The summed E-state index contributed by atoms with van der Waals surface area (Å²) in [5.74, 6) is -1.21. The number of benzene rings is 2. The Kier molecular flexibility index (Phi) is 12.2. The number of halogens is 1. The summed E-state index contributed by atoms with van der Waals surface area (Å²) in [6.45, 7) is 2.86. The molecule has 0 spiro atoms. The van der Waals surface area contributed by atoms with Crippen molar-refractivity contribution in [3.05, 3.63) is 65.0 Å². The predicted molar refractivity (Wildman–Crippen MR) is 159 cm³/mol. The van der Waals surface area contributed by atoms with E-state index in [0.717, 1.165) is 11.1 Å². The molecule has 1 aliphatic rings. The van der Waals surface area contributed by atoms with E-state index in [4.69, 9.17) is 21.6 Å². The molecule has 1 aliphatic heterocycles. The van der Waals surface area contributed by atoms with Crippen molar-refractivity contribution in [2.45, 2.75) is 57.2 Å². The van der Waals surface area contributed by atoms with E-state index in [1.165, 1.54) is 17.0 Å². The van der Waals surface area contributed by atoms with Crippen molar-refractivity contribution < 1.29 is 23.5 Å². The highest BCUT2D eigenvalue weighted by Crippen LogP contribution is 2.21. The Morgan fingerprint density at radius 3 is 2.52 bits per heavy atom. The minimum absolute atomic E-state index is 0.0701. The number of hydrogen-bond acceptors (Lipinski definition) is 7. The lowest BCUT2D eigenvalue weighted by Crippen LogP contribution is -2.56. The van der Waals surface area contributed by atoms with Crippen molar-refractivity contribution in [1.82, 2.24) is 20.9 Å². The van der Waals surface area contributed by atoms with Gasteiger partial charge in [-0.2, -0.15) is 0 Å². The number of nitrogens with zero attached hydrogens (tertiary/aromatic N) is 1. The molecule has 3 amide bonds. The van der Waals surface area contributed by atoms with Gasteiger partial charge in [-0.3, -0.25) is 19.8 Å². The van der Waals surface area contributed by atoms with Gasteiger partial charge in [0, 0.05) is 38.2 Å². The number of amidine groups is 1. The van der Waals surface area contributed by atoms with E-state index in [1.807, 2.05) is 0 Å². The Hall–Kier alpha value is -4.03. The van der Waals surface area contributed by atoms with Crippen LogP contribution in [0.1, 0.15) is 42.9 Å². The number of nitrogens with one attached hydrogen (secondary N) is 4. The summed E-state index contributed by atoms with van der Waals surface area (Å²) in [5.41, 5.74) is 13.4. The van der Waals surface area contributed by atoms with Gasteiger partial charge >= 0.3 is 0 Å². The lowest BCUT2D eigenvalue weighted by Gasteiger charge is -2.30. The van der Waals surface area contributed by atoms with Crippen LogP contribution in [0.25, 0.3) is 0 Å². The van der Waals surface area contributed by atoms with Crippen LogP contribution in [0.2, 0.25) is 0 Å². The molecule has 0 aliphatic carbocycles. The van der Waals surface area contributed by atoms with Crippen molar-refractivity contribution in [2.24, 2.45) is 11.5 Å². The normalized spacial score (nSPS) is 21.3. The first-order valence-electron chi connectivity index (χ1n) is 14.2. The molecule has 2 aromatic carbocycles. The average Bonchev–Trinajstić information content (AvgIpc) is 2.97. The number of nitrogens with two attached hydrogens (primary N) is 2. The van der Waals surface area contributed by atoms with Crippen molar-refractivity contribution >= 4 is 23.6 Å². The van der Waals surface area contributed by atoms with E-state index in [0.29, 0.717) is 56.6 Å². The molecule has 3 unspecified atom stereocenters. The quantitative estimate of drug-likeness (QED) is 0.216. The number of hydrogen-bond donors (Lipinski definition) is 6. The molecule has 0 fully saturated rings. The number of fused-ring (bicyclic) bond motifs is 1. The van der Waals surface area contributed by atoms with Gasteiger partial charge in [0.05, 0.1) is 6.04 Å². The first-order chi connectivity index (χ1) is 20.1. The van der Waals surface area contributed by atoms with Crippen LogP contribution in [0.4, 0.5) is 4.39 Å². The summed E-state index contributed by atoms with van der Waals surface area (Å²) in [4.78, 5) is 41.4. The van der Waals surface area contributed by atoms with E-state index < -0.39 is 29.8 Å². The Morgan fingerprint density at radius 2 is 1.83 bits per heavy atom. The molecule has 11 nitrogen and oxygen atoms in total. The lowest BCUT2D eigenvalue weighted by molar-refractivity contribution is -0.141. The first-order valence-corrected chi connectivity index (χ1v) is 14.2. The summed E-state index contributed by atoms with van der Waals surface area (Å²) in [6.07, 6.45) is 2.34. The molecule has 0 aromatic heterocycles. The SMILES string of the molecule is CC1C(=O)NC(Cc2ccc(C(=N)N)cc2)C(=O)NCCCc2ccc(F)cc2OCCNC(CCCN)C(=O)N1C. The fraction of sp³-hybridized carbons (Fsp3) is 0.467. The summed E-state index contributed by atoms with van der Waals surface area (Å²) in [7, 11) is 1.55. The Balaban J connectivity index is 1.86. The third-order valence-corrected chi connectivity index (χ3v) is 7.34. The second-order valence-electron chi connectivity index (χ2n) is 10.4. The van der Waals surface area contributed by atoms with Gasteiger partial charge in [-0.15, -0.1) is 0 Å². The zero-order chi connectivity index (χ0) is 30.6. The second-order valence-corrected chi connectivity index (χ2v) is 10.4. The fourth-order valence-corrected chi connectivity index (χ4v) is 4.68. The molecule has 3 rings (SSSR count). The van der Waals surface area contributed by atoms with Crippen molar-refractivity contribution in [1.29, 1.82) is 5.41 Å². The third kappa shape index (κ3) is 9.25. The number of nitrogen functional groups attached to an aromatic ring is 1. The van der Waals surface area contributed by atoms with Crippen LogP contribution < -0.4 is 32.2 Å². The van der Waals surface area contributed by atoms with E-state index in [-0.39, 0.29) is 30.7 Å². The van der Waals surface area contributed by atoms with Crippen LogP contribution in [-0.4, -0.2) is 79.9 Å². The number of carbonyl (C=O) groups is 3. The maximum atomic E-state index is 14.0. The largest absolute Gasteiger partial charge is 0.492 e. The summed E-state index contributed by atoms with van der Waals surface area (Å²) in [6, 6.07) is 8.86. The minimum Gasteiger partial charge on any atom is -0.492 e. The number of rotatable bonds is 6. The summed E-state index contributed by atoms with van der Waals surface area (Å²) < 4.78 is 19.9. The van der Waals surface area contributed by atoms with Crippen LogP contribution >= 0.6 is 0 Å². The summed E-state index contributed by atoms with van der Waals surface area (Å²) >= 11 is 0. The monoisotopic (exact) mass is 583 g/mol. The van der Waals surface area contributed by atoms with Gasteiger partial charge in [0.15, 0.2) is 0 Å². The van der Waals surface area contributed by atoms with E-state index in [1.54, 1.807) is 44.3 Å². The molecular formula is C30H42FN7O4. The molecule has 2 aromatic rings. The number of likely N-dealkylation sites (N-methyl/N-ethyl adjacent to an activating group) is 1. The van der Waals surface area contributed by atoms with Gasteiger partial charge in [0.1, 0.15) is 36.1 Å². The van der Waals surface area contributed by atoms with Gasteiger partial charge in [-0.25, -0.2) is 4.39 Å².